The second kappa shape index (κ2) is 8.58. The van der Waals surface area contributed by atoms with Crippen molar-refractivity contribution in [3.8, 4) is 0 Å². The van der Waals surface area contributed by atoms with E-state index in [0.29, 0.717) is 19.3 Å². The summed E-state index contributed by atoms with van der Waals surface area (Å²) in [5.41, 5.74) is 2.17. The van der Waals surface area contributed by atoms with E-state index in [1.807, 2.05) is 44.2 Å². The van der Waals surface area contributed by atoms with Crippen molar-refractivity contribution in [2.75, 3.05) is 0 Å². The number of nitrogens with one attached hydrogen (secondary N) is 1. The fraction of sp³-hybridized carbons (Fsp3) is 0.421. The molecule has 0 bridgehead atoms. The molecular formula is C19H26N4O2. The standard InChI is InChI=1S/C19H26N4O2/c1-15(2)12-19(18(25)22-20,9-8-16-6-4-3-5-7-16)17(24)13-23-11-10-21-14-23/h3-7,10-11,14-15H,8-9,12-13,20H2,1-2H3,(H,22,25). The van der Waals surface area contributed by atoms with E-state index in [9.17, 15) is 9.59 Å². The van der Waals surface area contributed by atoms with Gasteiger partial charge in [0, 0.05) is 12.4 Å². The zero-order valence-corrected chi connectivity index (χ0v) is 14.8. The number of hydrazine groups is 1. The van der Waals surface area contributed by atoms with E-state index in [-0.39, 0.29) is 18.2 Å². The van der Waals surface area contributed by atoms with Gasteiger partial charge in [0.05, 0.1) is 12.9 Å². The maximum Gasteiger partial charge on any atom is 0.247 e. The van der Waals surface area contributed by atoms with Gasteiger partial charge in [0.2, 0.25) is 5.91 Å². The van der Waals surface area contributed by atoms with Crippen LogP contribution in [-0.4, -0.2) is 21.2 Å². The number of nitrogens with zero attached hydrogens (tertiary/aromatic N) is 2. The highest BCUT2D eigenvalue weighted by Crippen LogP contribution is 2.34. The number of nitrogens with two attached hydrogens (primary N) is 1. The Balaban J connectivity index is 2.29. The molecule has 1 aromatic carbocycles. The van der Waals surface area contributed by atoms with Crippen LogP contribution in [0, 0.1) is 11.3 Å². The van der Waals surface area contributed by atoms with Crippen molar-refractivity contribution in [2.24, 2.45) is 17.2 Å². The summed E-state index contributed by atoms with van der Waals surface area (Å²) in [5.74, 6) is 5.07. The molecule has 1 aromatic heterocycles. The molecule has 1 atom stereocenters. The van der Waals surface area contributed by atoms with Gasteiger partial charge in [-0.2, -0.15) is 0 Å². The molecule has 0 radical (unpaired) electrons. The molecule has 0 saturated heterocycles. The first kappa shape index (κ1) is 18.9. The third kappa shape index (κ3) is 4.76. The largest absolute Gasteiger partial charge is 0.330 e. The third-order valence-electron chi connectivity index (χ3n) is 4.42. The number of Topliss-reactive ketones (excluding diaryl/α,β-unsaturated/α-hetero) is 1. The lowest BCUT2D eigenvalue weighted by Crippen LogP contribution is -2.51. The van der Waals surface area contributed by atoms with Crippen LogP contribution in [0.2, 0.25) is 0 Å². The average molecular weight is 342 g/mol. The monoisotopic (exact) mass is 342 g/mol. The Morgan fingerprint density at radius 1 is 1.28 bits per heavy atom. The first-order valence-electron chi connectivity index (χ1n) is 8.52. The number of benzene rings is 1. The zero-order valence-electron chi connectivity index (χ0n) is 14.8. The first-order chi connectivity index (χ1) is 12.0. The van der Waals surface area contributed by atoms with Crippen LogP contribution in [0.15, 0.2) is 49.1 Å². The summed E-state index contributed by atoms with van der Waals surface area (Å²) in [4.78, 5) is 29.8. The summed E-state index contributed by atoms with van der Waals surface area (Å²) in [6.45, 7) is 4.12. The Morgan fingerprint density at radius 2 is 2.00 bits per heavy atom. The molecule has 2 rings (SSSR count). The molecule has 0 aliphatic rings. The van der Waals surface area contributed by atoms with Crippen LogP contribution >= 0.6 is 0 Å². The minimum Gasteiger partial charge on any atom is -0.330 e. The van der Waals surface area contributed by atoms with Crippen LogP contribution in [0.4, 0.5) is 0 Å². The fourth-order valence-corrected chi connectivity index (χ4v) is 3.22. The highest BCUT2D eigenvalue weighted by molar-refractivity contribution is 6.05. The van der Waals surface area contributed by atoms with Gasteiger partial charge in [-0.05, 0) is 30.7 Å². The molecule has 1 heterocycles. The van der Waals surface area contributed by atoms with Crippen molar-refractivity contribution in [3.63, 3.8) is 0 Å². The molecule has 1 amide bonds. The van der Waals surface area contributed by atoms with Gasteiger partial charge in [-0.1, -0.05) is 44.2 Å². The predicted octanol–water partition coefficient (Wildman–Crippen LogP) is 2.11. The molecule has 6 nitrogen and oxygen atoms in total. The number of ketones is 1. The van der Waals surface area contributed by atoms with Gasteiger partial charge < -0.3 is 4.57 Å². The van der Waals surface area contributed by atoms with Crippen LogP contribution in [0.3, 0.4) is 0 Å². The summed E-state index contributed by atoms with van der Waals surface area (Å²) in [7, 11) is 0. The molecule has 0 fully saturated rings. The molecule has 0 saturated carbocycles. The molecule has 25 heavy (non-hydrogen) atoms. The Kier molecular flexibility index (Phi) is 6.47. The summed E-state index contributed by atoms with van der Waals surface area (Å²) in [6, 6.07) is 9.86. The van der Waals surface area contributed by atoms with E-state index in [1.54, 1.807) is 23.3 Å². The lowest BCUT2D eigenvalue weighted by molar-refractivity contribution is -0.144. The van der Waals surface area contributed by atoms with E-state index in [4.69, 9.17) is 5.84 Å². The molecule has 0 aliphatic carbocycles. The van der Waals surface area contributed by atoms with Crippen molar-refractivity contribution >= 4 is 11.7 Å². The Labute approximate surface area is 148 Å². The minimum atomic E-state index is -1.15. The van der Waals surface area contributed by atoms with E-state index < -0.39 is 11.3 Å². The fourth-order valence-electron chi connectivity index (χ4n) is 3.22. The molecule has 0 spiro atoms. The first-order valence-corrected chi connectivity index (χ1v) is 8.52. The number of carbonyl (C=O) groups is 2. The average Bonchev–Trinajstić information content (AvgIpc) is 3.11. The number of imidazole rings is 1. The van der Waals surface area contributed by atoms with Crippen LogP contribution in [0.1, 0.15) is 32.3 Å². The Hall–Kier alpha value is -2.47. The summed E-state index contributed by atoms with van der Waals surface area (Å²) in [6.07, 6.45) is 6.42. The number of hydrogen-bond donors (Lipinski definition) is 2. The van der Waals surface area contributed by atoms with E-state index >= 15 is 0 Å². The molecule has 6 heteroatoms. The molecule has 1 unspecified atom stereocenters. The zero-order chi connectivity index (χ0) is 18.3. The lowest BCUT2D eigenvalue weighted by atomic mass is 9.71. The van der Waals surface area contributed by atoms with Crippen molar-refractivity contribution in [1.82, 2.24) is 15.0 Å². The van der Waals surface area contributed by atoms with Crippen molar-refractivity contribution in [2.45, 2.75) is 39.7 Å². The van der Waals surface area contributed by atoms with E-state index in [1.165, 1.54) is 0 Å². The van der Waals surface area contributed by atoms with Gasteiger partial charge in [0.15, 0.2) is 5.78 Å². The number of rotatable bonds is 9. The van der Waals surface area contributed by atoms with Gasteiger partial charge in [-0.15, -0.1) is 0 Å². The van der Waals surface area contributed by atoms with Crippen LogP contribution < -0.4 is 11.3 Å². The topological polar surface area (TPSA) is 90.0 Å². The smallest absolute Gasteiger partial charge is 0.247 e. The number of amides is 1. The molecule has 0 aliphatic heterocycles. The van der Waals surface area contributed by atoms with Crippen LogP contribution in [-0.2, 0) is 22.6 Å². The molecular weight excluding hydrogens is 316 g/mol. The Bertz CT molecular complexity index is 683. The number of carbonyl (C=O) groups excluding carboxylic acids is 2. The summed E-state index contributed by atoms with van der Waals surface area (Å²) >= 11 is 0. The van der Waals surface area contributed by atoms with Crippen molar-refractivity contribution < 1.29 is 9.59 Å². The number of aryl methyl sites for hydroxylation is 1. The maximum absolute atomic E-state index is 13.1. The van der Waals surface area contributed by atoms with E-state index in [0.717, 1.165) is 5.56 Å². The highest BCUT2D eigenvalue weighted by atomic mass is 16.2. The van der Waals surface area contributed by atoms with Crippen molar-refractivity contribution in [1.29, 1.82) is 0 Å². The quantitative estimate of drug-likeness (QED) is 0.316. The van der Waals surface area contributed by atoms with Gasteiger partial charge in [-0.3, -0.25) is 15.0 Å². The molecule has 3 N–H and O–H groups in total. The SMILES string of the molecule is CC(C)CC(CCc1ccccc1)(C(=O)Cn1ccnc1)C(=O)NN. The second-order valence-corrected chi connectivity index (χ2v) is 6.80. The van der Waals surface area contributed by atoms with Crippen molar-refractivity contribution in [3.05, 3.63) is 54.6 Å². The number of hydrogen-bond acceptors (Lipinski definition) is 4. The van der Waals surface area contributed by atoms with Gasteiger partial charge in [-0.25, -0.2) is 10.8 Å². The summed E-state index contributed by atoms with van der Waals surface area (Å²) in [5, 5.41) is 0. The van der Waals surface area contributed by atoms with Gasteiger partial charge >= 0.3 is 0 Å². The molecule has 2 aromatic rings. The third-order valence-corrected chi connectivity index (χ3v) is 4.42. The van der Waals surface area contributed by atoms with Crippen LogP contribution in [0.5, 0.6) is 0 Å². The maximum atomic E-state index is 13.1. The molecule has 134 valence electrons. The lowest BCUT2D eigenvalue weighted by Gasteiger charge is -2.32. The number of aromatic nitrogens is 2. The predicted molar refractivity (Wildman–Crippen MR) is 96.2 cm³/mol. The minimum absolute atomic E-state index is 0.106. The van der Waals surface area contributed by atoms with Gasteiger partial charge in [0.25, 0.3) is 0 Å². The van der Waals surface area contributed by atoms with Crippen LogP contribution in [0.25, 0.3) is 0 Å². The normalized spacial score (nSPS) is 13.4. The Morgan fingerprint density at radius 3 is 2.56 bits per heavy atom. The summed E-state index contributed by atoms with van der Waals surface area (Å²) < 4.78 is 1.68. The second-order valence-electron chi connectivity index (χ2n) is 6.80. The highest BCUT2D eigenvalue weighted by Gasteiger charge is 2.45. The van der Waals surface area contributed by atoms with Gasteiger partial charge in [0.1, 0.15) is 5.41 Å². The van der Waals surface area contributed by atoms with E-state index in [2.05, 4.69) is 10.4 Å².